The van der Waals surface area contributed by atoms with Gasteiger partial charge in [0.15, 0.2) is 9.84 Å². The fourth-order valence-corrected chi connectivity index (χ4v) is 2.39. The molecule has 1 aliphatic rings. The van der Waals surface area contributed by atoms with Crippen molar-refractivity contribution in [3.63, 3.8) is 0 Å². The van der Waals surface area contributed by atoms with Gasteiger partial charge in [-0.2, -0.15) is 0 Å². The van der Waals surface area contributed by atoms with Crippen molar-refractivity contribution in [2.45, 2.75) is 25.9 Å². The van der Waals surface area contributed by atoms with Gasteiger partial charge in [-0.15, -0.1) is 0 Å². The molecule has 1 N–H and O–H groups in total. The van der Waals surface area contributed by atoms with Gasteiger partial charge < -0.3 is 5.32 Å². The topological polar surface area (TPSA) is 49.4 Å². The third-order valence-electron chi connectivity index (χ3n) is 2.34. The molecule has 0 amide bonds. The molecule has 88 valence electrons. The van der Waals surface area contributed by atoms with Crippen molar-refractivity contribution in [3.8, 4) is 0 Å². The zero-order chi connectivity index (χ0) is 11.5. The summed E-state index contributed by atoms with van der Waals surface area (Å²) in [4.78, 5) is 2.26. The fourth-order valence-electron chi connectivity index (χ4n) is 1.96. The van der Waals surface area contributed by atoms with E-state index in [9.17, 15) is 8.42 Å². The van der Waals surface area contributed by atoms with E-state index in [4.69, 9.17) is 0 Å². The maximum atomic E-state index is 10.9. The molecular formula is C10H20N2O2S. The average molecular weight is 232 g/mol. The van der Waals surface area contributed by atoms with E-state index in [0.717, 1.165) is 13.1 Å². The van der Waals surface area contributed by atoms with Gasteiger partial charge in [-0.3, -0.25) is 4.90 Å². The van der Waals surface area contributed by atoms with Crippen LogP contribution in [-0.2, 0) is 9.84 Å². The molecule has 1 fully saturated rings. The molecule has 1 saturated heterocycles. The molecule has 0 aliphatic carbocycles. The SMILES string of the molecule is CC1CN(C/C=C/S(C)(=O)=O)CC(C)N1. The van der Waals surface area contributed by atoms with Crippen molar-refractivity contribution in [2.75, 3.05) is 25.9 Å². The van der Waals surface area contributed by atoms with Crippen molar-refractivity contribution >= 4 is 9.84 Å². The molecule has 0 radical (unpaired) electrons. The number of nitrogens with one attached hydrogen (secondary N) is 1. The van der Waals surface area contributed by atoms with Crippen LogP contribution in [0.15, 0.2) is 11.5 Å². The highest BCUT2D eigenvalue weighted by atomic mass is 32.2. The van der Waals surface area contributed by atoms with E-state index in [1.54, 1.807) is 6.08 Å². The molecule has 2 atom stereocenters. The number of rotatable bonds is 3. The summed E-state index contributed by atoms with van der Waals surface area (Å²) in [5.74, 6) is 0. The van der Waals surface area contributed by atoms with Gasteiger partial charge in [0.25, 0.3) is 0 Å². The molecular weight excluding hydrogens is 212 g/mol. The number of hydrogen-bond donors (Lipinski definition) is 1. The van der Waals surface area contributed by atoms with E-state index >= 15 is 0 Å². The van der Waals surface area contributed by atoms with Crippen LogP contribution in [-0.4, -0.2) is 51.3 Å². The normalized spacial score (nSPS) is 29.8. The first-order valence-electron chi connectivity index (χ1n) is 5.22. The monoisotopic (exact) mass is 232 g/mol. The summed E-state index contributed by atoms with van der Waals surface area (Å²) in [6.07, 6.45) is 2.94. The largest absolute Gasteiger partial charge is 0.309 e. The molecule has 15 heavy (non-hydrogen) atoms. The smallest absolute Gasteiger partial charge is 0.168 e. The molecule has 1 aliphatic heterocycles. The number of piperazine rings is 1. The molecule has 5 heteroatoms. The first-order valence-corrected chi connectivity index (χ1v) is 7.17. The maximum absolute atomic E-state index is 10.9. The van der Waals surface area contributed by atoms with Crippen molar-refractivity contribution < 1.29 is 8.42 Å². The minimum absolute atomic E-state index is 0.473. The van der Waals surface area contributed by atoms with E-state index in [1.807, 2.05) is 0 Å². The van der Waals surface area contributed by atoms with Crippen LogP contribution < -0.4 is 5.32 Å². The molecule has 1 heterocycles. The van der Waals surface area contributed by atoms with Gasteiger partial charge in [0.1, 0.15) is 0 Å². The quantitative estimate of drug-likeness (QED) is 0.756. The van der Waals surface area contributed by atoms with Crippen LogP contribution in [0.2, 0.25) is 0 Å². The predicted molar refractivity (Wildman–Crippen MR) is 62.5 cm³/mol. The lowest BCUT2D eigenvalue weighted by atomic mass is 10.1. The van der Waals surface area contributed by atoms with Crippen LogP contribution >= 0.6 is 0 Å². The minimum atomic E-state index is -2.97. The Bertz CT molecular complexity index is 314. The summed E-state index contributed by atoms with van der Waals surface area (Å²) >= 11 is 0. The number of hydrogen-bond acceptors (Lipinski definition) is 4. The molecule has 0 bridgehead atoms. The molecule has 0 saturated carbocycles. The molecule has 4 nitrogen and oxygen atoms in total. The van der Waals surface area contributed by atoms with Crippen LogP contribution in [0.5, 0.6) is 0 Å². The summed E-state index contributed by atoms with van der Waals surface area (Å²) in [5, 5.41) is 4.71. The van der Waals surface area contributed by atoms with Gasteiger partial charge in [0.05, 0.1) is 0 Å². The van der Waals surface area contributed by atoms with Gasteiger partial charge in [-0.05, 0) is 13.8 Å². The second kappa shape index (κ2) is 5.09. The van der Waals surface area contributed by atoms with E-state index in [0.29, 0.717) is 18.6 Å². The van der Waals surface area contributed by atoms with Crippen LogP contribution in [0, 0.1) is 0 Å². The van der Waals surface area contributed by atoms with Crippen molar-refractivity contribution in [2.24, 2.45) is 0 Å². The van der Waals surface area contributed by atoms with Crippen LogP contribution in [0.1, 0.15) is 13.8 Å². The minimum Gasteiger partial charge on any atom is -0.309 e. The van der Waals surface area contributed by atoms with Crippen molar-refractivity contribution in [3.05, 3.63) is 11.5 Å². The van der Waals surface area contributed by atoms with Crippen LogP contribution in [0.4, 0.5) is 0 Å². The average Bonchev–Trinajstić information content (AvgIpc) is 1.99. The lowest BCUT2D eigenvalue weighted by Gasteiger charge is -2.35. The zero-order valence-electron chi connectivity index (χ0n) is 9.60. The first kappa shape index (κ1) is 12.7. The van der Waals surface area contributed by atoms with Gasteiger partial charge >= 0.3 is 0 Å². The summed E-state index contributed by atoms with van der Waals surface area (Å²) in [6, 6.07) is 0.945. The van der Waals surface area contributed by atoms with Gasteiger partial charge in [-0.1, -0.05) is 6.08 Å². The highest BCUT2D eigenvalue weighted by Crippen LogP contribution is 2.03. The number of nitrogens with zero attached hydrogens (tertiary/aromatic N) is 1. The second-order valence-corrected chi connectivity index (χ2v) is 6.32. The third-order valence-corrected chi connectivity index (χ3v) is 3.03. The molecule has 0 aromatic rings. The lowest BCUT2D eigenvalue weighted by molar-refractivity contribution is 0.189. The Morgan fingerprint density at radius 2 is 1.87 bits per heavy atom. The fraction of sp³-hybridized carbons (Fsp3) is 0.800. The molecule has 0 spiro atoms. The Hall–Kier alpha value is -0.390. The van der Waals surface area contributed by atoms with E-state index in [2.05, 4.69) is 24.1 Å². The number of sulfone groups is 1. The van der Waals surface area contributed by atoms with Crippen LogP contribution in [0.25, 0.3) is 0 Å². The molecule has 0 aromatic carbocycles. The second-order valence-electron chi connectivity index (χ2n) is 4.39. The Morgan fingerprint density at radius 3 is 2.33 bits per heavy atom. The van der Waals surface area contributed by atoms with E-state index in [-0.39, 0.29) is 0 Å². The molecule has 1 rings (SSSR count). The Kier molecular flexibility index (Phi) is 4.31. The predicted octanol–water partition coefficient (Wildman–Crippen LogP) is 0.227. The van der Waals surface area contributed by atoms with E-state index < -0.39 is 9.84 Å². The summed E-state index contributed by atoms with van der Waals surface area (Å²) in [7, 11) is -2.97. The third kappa shape index (κ3) is 5.30. The highest BCUT2D eigenvalue weighted by Gasteiger charge is 2.19. The Morgan fingerprint density at radius 1 is 1.33 bits per heavy atom. The van der Waals surface area contributed by atoms with Gasteiger partial charge in [0, 0.05) is 43.4 Å². The maximum Gasteiger partial charge on any atom is 0.168 e. The summed E-state index contributed by atoms with van der Waals surface area (Å²) in [5.41, 5.74) is 0. The van der Waals surface area contributed by atoms with Crippen LogP contribution in [0.3, 0.4) is 0 Å². The summed E-state index contributed by atoms with van der Waals surface area (Å²) < 4.78 is 21.8. The highest BCUT2D eigenvalue weighted by molar-refractivity contribution is 7.93. The zero-order valence-corrected chi connectivity index (χ0v) is 10.4. The molecule has 0 aromatic heterocycles. The Labute approximate surface area is 92.3 Å². The lowest BCUT2D eigenvalue weighted by Crippen LogP contribution is -2.54. The van der Waals surface area contributed by atoms with Gasteiger partial charge in [-0.25, -0.2) is 8.42 Å². The van der Waals surface area contributed by atoms with Crippen molar-refractivity contribution in [1.29, 1.82) is 0 Å². The Balaban J connectivity index is 2.42. The first-order chi connectivity index (χ1) is 6.87. The standard InChI is InChI=1S/C10H20N2O2S/c1-9-7-12(8-10(2)11-9)5-4-6-15(3,13)14/h4,6,9-11H,5,7-8H2,1-3H3/b6-4+. The van der Waals surface area contributed by atoms with Gasteiger partial charge in [0.2, 0.25) is 0 Å². The summed E-state index contributed by atoms with van der Waals surface area (Å²) in [6.45, 7) is 6.94. The van der Waals surface area contributed by atoms with Crippen molar-refractivity contribution in [1.82, 2.24) is 10.2 Å². The molecule has 2 unspecified atom stereocenters. The van der Waals surface area contributed by atoms with E-state index in [1.165, 1.54) is 11.7 Å².